The van der Waals surface area contributed by atoms with Crippen LogP contribution in [0.3, 0.4) is 0 Å². The minimum atomic E-state index is -4.96. The molecule has 1 aromatic rings. The molecule has 49 heavy (non-hydrogen) atoms. The Kier molecular flexibility index (Phi) is 13.8. The molecule has 3 amide bonds. The Bertz CT molecular complexity index is 1400. The van der Waals surface area contributed by atoms with Gasteiger partial charge in [0.1, 0.15) is 11.2 Å². The van der Waals surface area contributed by atoms with Crippen LogP contribution in [0, 0.1) is 0 Å². The molecule has 0 atom stereocenters. The van der Waals surface area contributed by atoms with Gasteiger partial charge >= 0.3 is 24.3 Å². The molecule has 1 fully saturated rings. The normalized spacial score (nSPS) is 16.4. The molecule has 1 N–H and O–H groups in total. The Balaban J connectivity index is 1.60. The maximum absolute atomic E-state index is 13.2. The van der Waals surface area contributed by atoms with Crippen molar-refractivity contribution in [2.75, 3.05) is 39.3 Å². The third-order valence-corrected chi connectivity index (χ3v) is 9.83. The van der Waals surface area contributed by atoms with Crippen LogP contribution in [0.2, 0.25) is 0 Å². The third-order valence-electron chi connectivity index (χ3n) is 8.37. The van der Waals surface area contributed by atoms with Crippen molar-refractivity contribution >= 4 is 28.1 Å². The fraction of sp³-hybridized carbons (Fsp3) is 0.735. The smallest absolute Gasteiger partial charge is 0.444 e. The molecule has 0 bridgehead atoms. The van der Waals surface area contributed by atoms with E-state index in [2.05, 4.69) is 4.72 Å². The van der Waals surface area contributed by atoms with E-state index >= 15 is 0 Å². The lowest BCUT2D eigenvalue weighted by molar-refractivity contribution is -0.185. The van der Waals surface area contributed by atoms with E-state index in [9.17, 15) is 36.0 Å². The second kappa shape index (κ2) is 16.8. The Morgan fingerprint density at radius 2 is 1.43 bits per heavy atom. The van der Waals surface area contributed by atoms with Crippen molar-refractivity contribution in [3.8, 4) is 0 Å². The Morgan fingerprint density at radius 1 is 0.837 bits per heavy atom. The number of unbranched alkanes of at least 4 members (excludes halogenated alkanes) is 1. The third kappa shape index (κ3) is 13.0. The standard InChI is InChI=1S/C34H53F3N4O7S/c1-32(2,3)47-30(43)40(22-23-41(27-12-8-7-9-13-27)31(44)48-33(4,5)6)19-11-10-18-38-49(45,46)28-15-14-25-16-20-39(21-17-26(25)24-28)29(42)34(35,36)37/h14-15,24,27,38H,7-13,16-23H2,1-6H3. The molecule has 0 unspecified atom stereocenters. The van der Waals surface area contributed by atoms with Crippen LogP contribution in [0.1, 0.15) is 97.6 Å². The van der Waals surface area contributed by atoms with Crippen molar-refractivity contribution in [3.63, 3.8) is 0 Å². The number of benzene rings is 1. The zero-order valence-electron chi connectivity index (χ0n) is 29.7. The summed E-state index contributed by atoms with van der Waals surface area (Å²) in [6.07, 6.45) is 0.122. The molecule has 15 heteroatoms. The molecular formula is C34H53F3N4O7S. The highest BCUT2D eigenvalue weighted by atomic mass is 32.2. The number of fused-ring (bicyclic) bond motifs is 1. The van der Waals surface area contributed by atoms with Crippen molar-refractivity contribution in [2.24, 2.45) is 0 Å². The summed E-state index contributed by atoms with van der Waals surface area (Å²) in [6, 6.07) is 4.47. The Hall–Kier alpha value is -3.07. The lowest BCUT2D eigenvalue weighted by Gasteiger charge is -2.37. The van der Waals surface area contributed by atoms with E-state index in [1.165, 1.54) is 12.1 Å². The SMILES string of the molecule is CC(C)(C)OC(=O)N(CCCCNS(=O)(=O)c1ccc2c(c1)CCN(C(=O)C(F)(F)F)CC2)CCN(C(=O)OC(C)(C)C)C1CCCCC1. The molecule has 3 rings (SSSR count). The zero-order valence-corrected chi connectivity index (χ0v) is 30.5. The van der Waals surface area contributed by atoms with E-state index in [-0.39, 0.29) is 63.0 Å². The summed E-state index contributed by atoms with van der Waals surface area (Å²) >= 11 is 0. The van der Waals surface area contributed by atoms with Crippen LogP contribution in [0.5, 0.6) is 0 Å². The van der Waals surface area contributed by atoms with Crippen LogP contribution in [-0.4, -0.2) is 104 Å². The fourth-order valence-electron chi connectivity index (χ4n) is 5.95. The number of carbonyl (C=O) groups excluding carboxylic acids is 3. The molecule has 0 spiro atoms. The first kappa shape index (κ1) is 40.4. The van der Waals surface area contributed by atoms with E-state index in [1.807, 2.05) is 20.8 Å². The van der Waals surface area contributed by atoms with E-state index in [1.54, 1.807) is 36.6 Å². The Morgan fingerprint density at radius 3 is 2.02 bits per heavy atom. The summed E-state index contributed by atoms with van der Waals surface area (Å²) in [4.78, 5) is 42.1. The molecule has 1 saturated carbocycles. The zero-order chi connectivity index (χ0) is 36.6. The van der Waals surface area contributed by atoms with E-state index in [0.29, 0.717) is 24.0 Å². The van der Waals surface area contributed by atoms with Gasteiger partial charge in [0.2, 0.25) is 10.0 Å². The predicted octanol–water partition coefficient (Wildman–Crippen LogP) is 6.04. The van der Waals surface area contributed by atoms with Crippen LogP contribution in [0.15, 0.2) is 23.1 Å². The van der Waals surface area contributed by atoms with Gasteiger partial charge in [-0.2, -0.15) is 13.2 Å². The second-order valence-corrected chi connectivity index (χ2v) is 16.5. The number of halogens is 3. The van der Waals surface area contributed by atoms with Gasteiger partial charge in [0, 0.05) is 45.3 Å². The van der Waals surface area contributed by atoms with Gasteiger partial charge in [-0.15, -0.1) is 0 Å². The van der Waals surface area contributed by atoms with Crippen LogP contribution in [-0.2, 0) is 37.1 Å². The lowest BCUT2D eigenvalue weighted by atomic mass is 9.94. The summed E-state index contributed by atoms with van der Waals surface area (Å²) in [5, 5.41) is 0. The van der Waals surface area contributed by atoms with Crippen molar-refractivity contribution < 1.29 is 45.4 Å². The minimum Gasteiger partial charge on any atom is -0.444 e. The van der Waals surface area contributed by atoms with Gasteiger partial charge < -0.3 is 24.2 Å². The van der Waals surface area contributed by atoms with Gasteiger partial charge in [0.15, 0.2) is 0 Å². The maximum atomic E-state index is 13.2. The number of nitrogens with zero attached hydrogens (tertiary/aromatic N) is 3. The van der Waals surface area contributed by atoms with E-state index in [4.69, 9.17) is 9.47 Å². The van der Waals surface area contributed by atoms with Gasteiger partial charge in [-0.3, -0.25) is 4.79 Å². The quantitative estimate of drug-likeness (QED) is 0.277. The molecular weight excluding hydrogens is 665 g/mol. The minimum absolute atomic E-state index is 0.0119. The summed E-state index contributed by atoms with van der Waals surface area (Å²) in [7, 11) is -3.93. The van der Waals surface area contributed by atoms with Crippen molar-refractivity contribution in [2.45, 2.75) is 128 Å². The molecule has 0 saturated heterocycles. The molecule has 0 radical (unpaired) electrons. The number of amides is 3. The molecule has 0 aromatic heterocycles. The number of carbonyl (C=O) groups is 3. The van der Waals surface area contributed by atoms with E-state index in [0.717, 1.165) is 37.0 Å². The monoisotopic (exact) mass is 718 g/mol. The largest absolute Gasteiger partial charge is 0.471 e. The summed E-state index contributed by atoms with van der Waals surface area (Å²) < 4.78 is 78.9. The summed E-state index contributed by atoms with van der Waals surface area (Å²) in [5.74, 6) is -1.90. The van der Waals surface area contributed by atoms with Gasteiger partial charge in [-0.25, -0.2) is 22.7 Å². The van der Waals surface area contributed by atoms with Crippen molar-refractivity contribution in [3.05, 3.63) is 29.3 Å². The number of hydrogen-bond acceptors (Lipinski definition) is 7. The lowest BCUT2D eigenvalue weighted by Crippen LogP contribution is -2.49. The molecule has 1 aliphatic heterocycles. The topological polar surface area (TPSA) is 126 Å². The molecule has 1 aliphatic carbocycles. The van der Waals surface area contributed by atoms with Crippen molar-refractivity contribution in [1.82, 2.24) is 19.4 Å². The molecule has 1 heterocycles. The maximum Gasteiger partial charge on any atom is 0.471 e. The number of hydrogen-bond donors (Lipinski definition) is 1. The molecule has 278 valence electrons. The predicted molar refractivity (Wildman–Crippen MR) is 179 cm³/mol. The Labute approximate surface area is 288 Å². The summed E-state index contributed by atoms with van der Waals surface area (Å²) in [5.41, 5.74) is -0.118. The van der Waals surface area contributed by atoms with Crippen LogP contribution < -0.4 is 4.72 Å². The summed E-state index contributed by atoms with van der Waals surface area (Å²) in [6.45, 7) is 11.3. The van der Waals surface area contributed by atoms with Crippen LogP contribution in [0.4, 0.5) is 22.8 Å². The second-order valence-electron chi connectivity index (χ2n) is 14.8. The first-order valence-electron chi connectivity index (χ1n) is 17.1. The highest BCUT2D eigenvalue weighted by Gasteiger charge is 2.42. The number of sulfonamides is 1. The molecule has 1 aromatic carbocycles. The van der Waals surface area contributed by atoms with Gasteiger partial charge in [-0.05, 0) is 103 Å². The number of nitrogens with one attached hydrogen (secondary N) is 1. The molecule has 11 nitrogen and oxygen atoms in total. The average Bonchev–Trinajstić information content (AvgIpc) is 3.20. The molecule has 2 aliphatic rings. The average molecular weight is 719 g/mol. The van der Waals surface area contributed by atoms with E-state index < -0.39 is 45.5 Å². The number of alkyl halides is 3. The van der Waals surface area contributed by atoms with Crippen LogP contribution >= 0.6 is 0 Å². The first-order valence-corrected chi connectivity index (χ1v) is 18.6. The number of rotatable bonds is 11. The highest BCUT2D eigenvalue weighted by molar-refractivity contribution is 7.89. The van der Waals surface area contributed by atoms with Gasteiger partial charge in [-0.1, -0.05) is 25.3 Å². The van der Waals surface area contributed by atoms with Gasteiger partial charge in [0.25, 0.3) is 0 Å². The number of ether oxygens (including phenoxy) is 2. The van der Waals surface area contributed by atoms with Crippen LogP contribution in [0.25, 0.3) is 0 Å². The fourth-order valence-corrected chi connectivity index (χ4v) is 7.08. The van der Waals surface area contributed by atoms with Gasteiger partial charge in [0.05, 0.1) is 4.90 Å². The highest BCUT2D eigenvalue weighted by Crippen LogP contribution is 2.26. The first-order chi connectivity index (χ1) is 22.7. The van der Waals surface area contributed by atoms with Crippen molar-refractivity contribution in [1.29, 1.82) is 0 Å².